The minimum Gasteiger partial charge on any atom is -0.357 e. The molecule has 0 aliphatic carbocycles. The van der Waals surface area contributed by atoms with E-state index in [-0.39, 0.29) is 29.5 Å². The Morgan fingerprint density at radius 2 is 1.79 bits per heavy atom. The number of rotatable bonds is 6. The highest BCUT2D eigenvalue weighted by atomic mass is 127. The Balaban J connectivity index is 0.00000300. The molecular weight excluding hydrogens is 473 g/mol. The number of nitrogens with zero attached hydrogens (tertiary/aromatic N) is 3. The van der Waals surface area contributed by atoms with Crippen molar-refractivity contribution in [2.45, 2.75) is 58.0 Å². The molecule has 0 saturated carbocycles. The van der Waals surface area contributed by atoms with Crippen molar-refractivity contribution in [1.29, 1.82) is 0 Å². The smallest absolute Gasteiger partial charge is 0.191 e. The Morgan fingerprint density at radius 3 is 2.45 bits per heavy atom. The zero-order chi connectivity index (χ0) is 19.8. The Hall–Kier alpha value is -0.860. The number of likely N-dealkylation sites (tertiary alicyclic amines) is 2. The van der Waals surface area contributed by atoms with Gasteiger partial charge in [0, 0.05) is 18.6 Å². The largest absolute Gasteiger partial charge is 0.357 e. The van der Waals surface area contributed by atoms with E-state index < -0.39 is 0 Å². The second-order valence-electron chi connectivity index (χ2n) is 8.61. The second kappa shape index (κ2) is 12.1. The van der Waals surface area contributed by atoms with Crippen molar-refractivity contribution >= 4 is 29.9 Å². The molecule has 164 valence electrons. The fourth-order valence-corrected chi connectivity index (χ4v) is 4.58. The summed E-state index contributed by atoms with van der Waals surface area (Å²) in [5, 5.41) is 7.15. The molecule has 6 heteroatoms. The van der Waals surface area contributed by atoms with Gasteiger partial charge in [-0.1, -0.05) is 36.2 Å². The van der Waals surface area contributed by atoms with Gasteiger partial charge in [-0.15, -0.1) is 24.0 Å². The first-order valence-electron chi connectivity index (χ1n) is 11.1. The van der Waals surface area contributed by atoms with Crippen molar-refractivity contribution < 1.29 is 0 Å². The third-order valence-electron chi connectivity index (χ3n) is 6.38. The van der Waals surface area contributed by atoms with Crippen molar-refractivity contribution in [3.8, 4) is 0 Å². The molecule has 0 unspecified atom stereocenters. The molecule has 1 aromatic rings. The lowest BCUT2D eigenvalue weighted by atomic mass is 9.84. The van der Waals surface area contributed by atoms with E-state index >= 15 is 0 Å². The first-order chi connectivity index (χ1) is 13.6. The number of aryl methyl sites for hydroxylation is 1. The molecule has 0 spiro atoms. The molecule has 1 aromatic carbocycles. The summed E-state index contributed by atoms with van der Waals surface area (Å²) in [6, 6.07) is 8.63. The lowest BCUT2D eigenvalue weighted by Gasteiger charge is -2.50. The zero-order valence-electron chi connectivity index (χ0n) is 18.5. The first-order valence-corrected chi connectivity index (χ1v) is 11.1. The summed E-state index contributed by atoms with van der Waals surface area (Å²) in [6.07, 6.45) is 6.57. The maximum absolute atomic E-state index is 4.87. The van der Waals surface area contributed by atoms with Gasteiger partial charge < -0.3 is 15.5 Å². The van der Waals surface area contributed by atoms with Crippen LogP contribution in [0.25, 0.3) is 0 Å². The van der Waals surface area contributed by atoms with Crippen molar-refractivity contribution in [3.63, 3.8) is 0 Å². The van der Waals surface area contributed by atoms with Gasteiger partial charge in [0.25, 0.3) is 0 Å². The third kappa shape index (κ3) is 7.10. The monoisotopic (exact) mass is 513 g/mol. The van der Waals surface area contributed by atoms with E-state index in [0.29, 0.717) is 0 Å². The maximum Gasteiger partial charge on any atom is 0.191 e. The Morgan fingerprint density at radius 1 is 1.07 bits per heavy atom. The Bertz CT molecular complexity index is 634. The van der Waals surface area contributed by atoms with E-state index in [4.69, 9.17) is 4.99 Å². The van der Waals surface area contributed by atoms with Crippen LogP contribution in [0, 0.1) is 6.92 Å². The molecule has 2 fully saturated rings. The van der Waals surface area contributed by atoms with Crippen LogP contribution in [0.1, 0.15) is 50.2 Å². The van der Waals surface area contributed by atoms with E-state index in [1.165, 1.54) is 69.4 Å². The average Bonchev–Trinajstić information content (AvgIpc) is 2.72. The zero-order valence-corrected chi connectivity index (χ0v) is 20.9. The van der Waals surface area contributed by atoms with Gasteiger partial charge in [-0.3, -0.25) is 4.90 Å². The molecule has 0 bridgehead atoms. The highest BCUT2D eigenvalue weighted by molar-refractivity contribution is 14.0. The van der Waals surface area contributed by atoms with E-state index in [1.807, 2.05) is 0 Å². The number of hydrogen-bond donors (Lipinski definition) is 2. The predicted molar refractivity (Wildman–Crippen MR) is 134 cm³/mol. The van der Waals surface area contributed by atoms with Gasteiger partial charge in [-0.05, 0) is 78.3 Å². The van der Waals surface area contributed by atoms with Crippen LogP contribution in [0.15, 0.2) is 29.3 Å². The molecule has 0 radical (unpaired) electrons. The molecule has 0 aromatic heterocycles. The van der Waals surface area contributed by atoms with Gasteiger partial charge in [-0.25, -0.2) is 4.99 Å². The summed E-state index contributed by atoms with van der Waals surface area (Å²) in [7, 11) is 2.25. The standard InChI is InChI=1S/C23H39N5.HI/c1-4-24-22(25-18-21-10-8-9-20(2)17-21)26-19-23(11-15-27(3)16-12-23)28-13-6-5-7-14-28;/h8-10,17H,4-7,11-16,18-19H2,1-3H3,(H2,24,25,26);1H. The van der Waals surface area contributed by atoms with Crippen LogP contribution in [-0.2, 0) is 6.54 Å². The van der Waals surface area contributed by atoms with Crippen molar-refractivity contribution in [2.24, 2.45) is 4.99 Å². The van der Waals surface area contributed by atoms with Gasteiger partial charge in [0.15, 0.2) is 5.96 Å². The average molecular weight is 514 g/mol. The summed E-state index contributed by atoms with van der Waals surface area (Å²) in [5.74, 6) is 0.944. The van der Waals surface area contributed by atoms with Gasteiger partial charge in [0.2, 0.25) is 0 Å². The fourth-order valence-electron chi connectivity index (χ4n) is 4.58. The molecule has 0 amide bonds. The van der Waals surface area contributed by atoms with Gasteiger partial charge in [0.1, 0.15) is 0 Å². The number of hydrogen-bond acceptors (Lipinski definition) is 3. The topological polar surface area (TPSA) is 42.9 Å². The second-order valence-corrected chi connectivity index (χ2v) is 8.61. The first kappa shape index (κ1) is 24.4. The Kier molecular flexibility index (Phi) is 10.2. The number of guanidine groups is 1. The van der Waals surface area contributed by atoms with E-state index in [0.717, 1.165) is 25.6 Å². The highest BCUT2D eigenvalue weighted by Gasteiger charge is 2.39. The van der Waals surface area contributed by atoms with Crippen LogP contribution in [0.4, 0.5) is 0 Å². The molecule has 5 nitrogen and oxygen atoms in total. The van der Waals surface area contributed by atoms with Crippen LogP contribution in [0.5, 0.6) is 0 Å². The fraction of sp³-hybridized carbons (Fsp3) is 0.696. The lowest BCUT2D eigenvalue weighted by Crippen LogP contribution is -2.62. The molecular formula is C23H40IN5. The number of halogens is 1. The SMILES string of the molecule is CCNC(=NCc1cccc(C)c1)NCC1(N2CCCCC2)CCN(C)CC1.I. The van der Waals surface area contributed by atoms with Crippen molar-refractivity contribution in [2.75, 3.05) is 46.3 Å². The van der Waals surface area contributed by atoms with E-state index in [2.05, 4.69) is 65.6 Å². The molecule has 2 saturated heterocycles. The van der Waals surface area contributed by atoms with Crippen LogP contribution < -0.4 is 10.6 Å². The summed E-state index contributed by atoms with van der Waals surface area (Å²) < 4.78 is 0. The Labute approximate surface area is 194 Å². The van der Waals surface area contributed by atoms with Gasteiger partial charge in [0.05, 0.1) is 6.54 Å². The van der Waals surface area contributed by atoms with Gasteiger partial charge in [-0.2, -0.15) is 0 Å². The lowest BCUT2D eigenvalue weighted by molar-refractivity contribution is 0.0173. The van der Waals surface area contributed by atoms with E-state index in [1.54, 1.807) is 0 Å². The number of piperidine rings is 2. The quantitative estimate of drug-likeness (QED) is 0.347. The summed E-state index contributed by atoms with van der Waals surface area (Å²) >= 11 is 0. The van der Waals surface area contributed by atoms with Gasteiger partial charge >= 0.3 is 0 Å². The van der Waals surface area contributed by atoms with Crippen LogP contribution >= 0.6 is 24.0 Å². The van der Waals surface area contributed by atoms with E-state index in [9.17, 15) is 0 Å². The molecule has 0 atom stereocenters. The minimum absolute atomic E-state index is 0. The van der Waals surface area contributed by atoms with Crippen LogP contribution in [0.2, 0.25) is 0 Å². The molecule has 2 heterocycles. The maximum atomic E-state index is 4.87. The highest BCUT2D eigenvalue weighted by Crippen LogP contribution is 2.30. The molecule has 2 aliphatic rings. The normalized spacial score (nSPS) is 20.7. The summed E-state index contributed by atoms with van der Waals surface area (Å²) in [6.45, 7) is 11.8. The molecule has 29 heavy (non-hydrogen) atoms. The minimum atomic E-state index is 0. The third-order valence-corrected chi connectivity index (χ3v) is 6.38. The van der Waals surface area contributed by atoms with Crippen molar-refractivity contribution in [1.82, 2.24) is 20.4 Å². The molecule has 3 rings (SSSR count). The predicted octanol–water partition coefficient (Wildman–Crippen LogP) is 3.62. The van der Waals surface area contributed by atoms with Crippen molar-refractivity contribution in [3.05, 3.63) is 35.4 Å². The van der Waals surface area contributed by atoms with Crippen LogP contribution in [-0.4, -0.2) is 67.6 Å². The molecule has 2 N–H and O–H groups in total. The molecule has 2 aliphatic heterocycles. The number of aliphatic imine (C=N–C) groups is 1. The summed E-state index contributed by atoms with van der Waals surface area (Å²) in [4.78, 5) is 10.1. The van der Waals surface area contributed by atoms with Crippen LogP contribution in [0.3, 0.4) is 0 Å². The summed E-state index contributed by atoms with van der Waals surface area (Å²) in [5.41, 5.74) is 2.83. The number of nitrogens with one attached hydrogen (secondary N) is 2. The number of benzene rings is 1.